The van der Waals surface area contributed by atoms with E-state index < -0.39 is 0 Å². The van der Waals surface area contributed by atoms with Gasteiger partial charge in [-0.1, -0.05) is 18.2 Å². The molecule has 0 bridgehead atoms. The monoisotopic (exact) mass is 282 g/mol. The largest absolute Gasteiger partial charge is 0.443 e. The number of nitrogens with one attached hydrogen (secondary N) is 1. The maximum Gasteiger partial charge on any atom is 0.258 e. The summed E-state index contributed by atoms with van der Waals surface area (Å²) >= 11 is 0. The minimum absolute atomic E-state index is 0.00783. The Bertz CT molecular complexity index is 766. The molecule has 0 atom stereocenters. The van der Waals surface area contributed by atoms with Crippen molar-refractivity contribution < 1.29 is 14.0 Å². The number of benzene rings is 1. The van der Waals surface area contributed by atoms with E-state index in [1.54, 1.807) is 19.1 Å². The van der Waals surface area contributed by atoms with Crippen molar-refractivity contribution >= 4 is 17.6 Å². The highest BCUT2D eigenvalue weighted by Gasteiger charge is 2.23. The number of aryl methyl sites for hydroxylation is 2. The van der Waals surface area contributed by atoms with E-state index in [0.29, 0.717) is 11.3 Å². The highest BCUT2D eigenvalue weighted by Crippen LogP contribution is 2.27. The van der Waals surface area contributed by atoms with Crippen molar-refractivity contribution in [2.45, 2.75) is 20.8 Å². The molecule has 21 heavy (non-hydrogen) atoms. The number of Topliss-reactive ketones (excluding diaryl/α,β-unsaturated/α-hetero) is 1. The summed E-state index contributed by atoms with van der Waals surface area (Å²) in [5.41, 5.74) is 1.56. The molecule has 0 spiro atoms. The number of ketones is 1. The van der Waals surface area contributed by atoms with Gasteiger partial charge >= 0.3 is 0 Å². The van der Waals surface area contributed by atoms with E-state index in [1.165, 1.54) is 6.92 Å². The van der Waals surface area contributed by atoms with E-state index in [1.807, 2.05) is 25.1 Å². The molecule has 0 aliphatic carbocycles. The van der Waals surface area contributed by atoms with Gasteiger partial charge in [0.1, 0.15) is 17.4 Å². The summed E-state index contributed by atoms with van der Waals surface area (Å²) in [6.45, 7) is 4.75. The summed E-state index contributed by atoms with van der Waals surface area (Å²) in [7, 11) is 0. The number of carbonyl (C=O) groups is 2. The van der Waals surface area contributed by atoms with Crippen LogP contribution in [-0.2, 0) is 0 Å². The standard InChI is InChI=1S/C16H14N2O3/c1-9-6-4-5-7-12(9)15(20)18-16-13(8-17)14(10(2)19)11(3)21-16/h4-7H,1-3H3,(H,18,20). The van der Waals surface area contributed by atoms with Crippen molar-refractivity contribution in [1.82, 2.24) is 0 Å². The Kier molecular flexibility index (Phi) is 3.90. The minimum Gasteiger partial charge on any atom is -0.443 e. The molecule has 1 amide bonds. The van der Waals surface area contributed by atoms with Gasteiger partial charge in [0.15, 0.2) is 5.78 Å². The van der Waals surface area contributed by atoms with Crippen molar-refractivity contribution in [2.75, 3.05) is 5.32 Å². The molecule has 1 aromatic heterocycles. The quantitative estimate of drug-likeness (QED) is 0.876. The van der Waals surface area contributed by atoms with E-state index in [9.17, 15) is 14.9 Å². The van der Waals surface area contributed by atoms with Crippen molar-refractivity contribution in [3.8, 4) is 6.07 Å². The molecular formula is C16H14N2O3. The molecule has 0 fully saturated rings. The van der Waals surface area contributed by atoms with Crippen LogP contribution in [0.3, 0.4) is 0 Å². The highest BCUT2D eigenvalue weighted by molar-refractivity contribution is 6.06. The predicted molar refractivity (Wildman–Crippen MR) is 77.3 cm³/mol. The number of carbonyl (C=O) groups excluding carboxylic acids is 2. The van der Waals surface area contributed by atoms with Gasteiger partial charge in [-0.15, -0.1) is 0 Å². The number of furan rings is 1. The minimum atomic E-state index is -0.381. The molecule has 1 heterocycles. The fraction of sp³-hybridized carbons (Fsp3) is 0.188. The van der Waals surface area contributed by atoms with Crippen LogP contribution < -0.4 is 5.32 Å². The number of amides is 1. The third-order valence-electron chi connectivity index (χ3n) is 3.16. The summed E-state index contributed by atoms with van der Waals surface area (Å²) in [5.74, 6) is -0.328. The lowest BCUT2D eigenvalue weighted by atomic mass is 10.1. The van der Waals surface area contributed by atoms with Crippen molar-refractivity contribution in [3.63, 3.8) is 0 Å². The third kappa shape index (κ3) is 2.70. The molecule has 1 N–H and O–H groups in total. The van der Waals surface area contributed by atoms with Gasteiger partial charge < -0.3 is 4.42 Å². The first-order valence-electron chi connectivity index (χ1n) is 6.37. The van der Waals surface area contributed by atoms with E-state index in [-0.39, 0.29) is 28.7 Å². The molecule has 0 unspecified atom stereocenters. The van der Waals surface area contributed by atoms with Crippen LogP contribution in [0.4, 0.5) is 5.88 Å². The summed E-state index contributed by atoms with van der Waals surface area (Å²) in [6, 6.07) is 8.98. The molecule has 5 nitrogen and oxygen atoms in total. The summed E-state index contributed by atoms with van der Waals surface area (Å²) < 4.78 is 5.35. The van der Waals surface area contributed by atoms with Crippen molar-refractivity contribution in [3.05, 3.63) is 52.3 Å². The van der Waals surface area contributed by atoms with Crippen LogP contribution in [0, 0.1) is 25.2 Å². The van der Waals surface area contributed by atoms with Gasteiger partial charge in [-0.2, -0.15) is 5.26 Å². The zero-order chi connectivity index (χ0) is 15.6. The van der Waals surface area contributed by atoms with Gasteiger partial charge in [-0.3, -0.25) is 14.9 Å². The second-order valence-electron chi connectivity index (χ2n) is 4.67. The number of nitrogens with zero attached hydrogens (tertiary/aromatic N) is 1. The Morgan fingerprint density at radius 2 is 1.90 bits per heavy atom. The molecule has 2 rings (SSSR count). The normalized spacial score (nSPS) is 10.0. The Hall–Kier alpha value is -2.87. The summed E-state index contributed by atoms with van der Waals surface area (Å²) in [5, 5.41) is 11.7. The van der Waals surface area contributed by atoms with Gasteiger partial charge in [0.25, 0.3) is 5.91 Å². The van der Waals surface area contributed by atoms with Crippen LogP contribution >= 0.6 is 0 Å². The highest BCUT2D eigenvalue weighted by atomic mass is 16.4. The number of nitriles is 1. The smallest absolute Gasteiger partial charge is 0.258 e. The van der Waals surface area contributed by atoms with Crippen LogP contribution in [0.5, 0.6) is 0 Å². The average molecular weight is 282 g/mol. The zero-order valence-electron chi connectivity index (χ0n) is 12.0. The van der Waals surface area contributed by atoms with Crippen LogP contribution in [0.1, 0.15) is 44.5 Å². The first-order valence-corrected chi connectivity index (χ1v) is 6.37. The van der Waals surface area contributed by atoms with Gasteiger partial charge in [-0.25, -0.2) is 0 Å². The number of rotatable bonds is 3. The molecule has 0 aliphatic heterocycles. The number of hydrogen-bond acceptors (Lipinski definition) is 4. The molecule has 1 aromatic carbocycles. The van der Waals surface area contributed by atoms with Gasteiger partial charge in [0.05, 0.1) is 5.56 Å². The van der Waals surface area contributed by atoms with Crippen molar-refractivity contribution in [2.24, 2.45) is 0 Å². The van der Waals surface area contributed by atoms with Crippen LogP contribution in [0.15, 0.2) is 28.7 Å². The van der Waals surface area contributed by atoms with Crippen LogP contribution in [0.25, 0.3) is 0 Å². The van der Waals surface area contributed by atoms with Crippen molar-refractivity contribution in [1.29, 1.82) is 5.26 Å². The second kappa shape index (κ2) is 5.63. The van der Waals surface area contributed by atoms with Gasteiger partial charge in [-0.05, 0) is 32.4 Å². The van der Waals surface area contributed by atoms with Gasteiger partial charge in [0, 0.05) is 5.56 Å². The SMILES string of the molecule is CC(=O)c1c(C)oc(NC(=O)c2ccccc2C)c1C#N. The lowest BCUT2D eigenvalue weighted by Crippen LogP contribution is -2.13. The Balaban J connectivity index is 2.40. The maximum atomic E-state index is 12.2. The fourth-order valence-corrected chi connectivity index (χ4v) is 2.16. The molecule has 2 aromatic rings. The van der Waals surface area contributed by atoms with Crippen LogP contribution in [0.2, 0.25) is 0 Å². The summed E-state index contributed by atoms with van der Waals surface area (Å²) in [4.78, 5) is 23.8. The zero-order valence-corrected chi connectivity index (χ0v) is 12.0. The lowest BCUT2D eigenvalue weighted by Gasteiger charge is -2.05. The summed E-state index contributed by atoms with van der Waals surface area (Å²) in [6.07, 6.45) is 0. The molecule has 106 valence electrons. The molecule has 0 saturated carbocycles. The van der Waals surface area contributed by atoms with E-state index >= 15 is 0 Å². The average Bonchev–Trinajstić information content (AvgIpc) is 2.74. The number of hydrogen-bond donors (Lipinski definition) is 1. The second-order valence-corrected chi connectivity index (χ2v) is 4.67. The first kappa shape index (κ1) is 14.5. The fourth-order valence-electron chi connectivity index (χ4n) is 2.16. The topological polar surface area (TPSA) is 83.1 Å². The van der Waals surface area contributed by atoms with E-state index in [4.69, 9.17) is 4.42 Å². The molecule has 0 saturated heterocycles. The lowest BCUT2D eigenvalue weighted by molar-refractivity contribution is 0.101. The van der Waals surface area contributed by atoms with Crippen LogP contribution in [-0.4, -0.2) is 11.7 Å². The maximum absolute atomic E-state index is 12.2. The third-order valence-corrected chi connectivity index (χ3v) is 3.16. The molecule has 0 radical (unpaired) electrons. The van der Waals surface area contributed by atoms with E-state index in [2.05, 4.69) is 5.32 Å². The molecular weight excluding hydrogens is 268 g/mol. The molecule has 5 heteroatoms. The Labute approximate surface area is 122 Å². The Morgan fingerprint density at radius 3 is 2.48 bits per heavy atom. The Morgan fingerprint density at radius 1 is 1.24 bits per heavy atom. The van der Waals surface area contributed by atoms with Gasteiger partial charge in [0.2, 0.25) is 5.88 Å². The molecule has 0 aliphatic rings. The predicted octanol–water partition coefficient (Wildman–Crippen LogP) is 3.22. The van der Waals surface area contributed by atoms with E-state index in [0.717, 1.165) is 5.56 Å². The first-order chi connectivity index (χ1) is 9.95. The number of anilines is 1.